The monoisotopic (exact) mass is 416 g/mol. The summed E-state index contributed by atoms with van der Waals surface area (Å²) < 4.78 is 48.4. The number of hydrogen-bond acceptors (Lipinski definition) is 6. The molecule has 0 saturated carbocycles. The van der Waals surface area contributed by atoms with E-state index in [1.807, 2.05) is 42.5 Å². The number of anilines is 1. The molecule has 3 rings (SSSR count). The molecule has 3 aromatic rings. The van der Waals surface area contributed by atoms with Crippen molar-refractivity contribution in [2.24, 2.45) is 0 Å². The van der Waals surface area contributed by atoms with E-state index >= 15 is 0 Å². The number of rotatable bonds is 6. The molecule has 0 unspecified atom stereocenters. The van der Waals surface area contributed by atoms with Gasteiger partial charge in [0, 0.05) is 18.7 Å². The molecule has 2 aromatic carbocycles. The Kier molecular flexibility index (Phi) is 5.53. The van der Waals surface area contributed by atoms with E-state index in [9.17, 15) is 16.8 Å². The second-order valence-electron chi connectivity index (χ2n) is 6.44. The Balaban J connectivity index is 2.13. The average Bonchev–Trinajstić information content (AvgIpc) is 2.66. The first kappa shape index (κ1) is 20.0. The Bertz CT molecular complexity index is 1140. The molecule has 1 atom stereocenters. The van der Waals surface area contributed by atoms with Gasteiger partial charge in [0.15, 0.2) is 19.7 Å². The lowest BCUT2D eigenvalue weighted by atomic mass is 10.0. The average molecular weight is 417 g/mol. The summed E-state index contributed by atoms with van der Waals surface area (Å²) in [5.41, 5.74) is 1.92. The molecular weight excluding hydrogens is 396 g/mol. The fraction of sp³-hybridized carbons (Fsp3) is 0.150. The van der Waals surface area contributed by atoms with Crippen molar-refractivity contribution in [1.82, 2.24) is 4.98 Å². The van der Waals surface area contributed by atoms with Crippen molar-refractivity contribution < 1.29 is 16.8 Å². The molecule has 0 aliphatic rings. The van der Waals surface area contributed by atoms with Gasteiger partial charge in [-0.05, 0) is 35.9 Å². The van der Waals surface area contributed by atoms with Gasteiger partial charge in [0.05, 0.1) is 27.2 Å². The highest BCUT2D eigenvalue weighted by Gasteiger charge is 2.22. The van der Waals surface area contributed by atoms with Crippen LogP contribution in [-0.2, 0) is 19.7 Å². The van der Waals surface area contributed by atoms with E-state index in [4.69, 9.17) is 0 Å². The van der Waals surface area contributed by atoms with Crippen molar-refractivity contribution in [3.8, 4) is 0 Å². The Morgan fingerprint density at radius 3 is 2.07 bits per heavy atom. The van der Waals surface area contributed by atoms with Crippen LogP contribution >= 0.6 is 0 Å². The number of benzene rings is 2. The van der Waals surface area contributed by atoms with Crippen LogP contribution in [0.5, 0.6) is 0 Å². The van der Waals surface area contributed by atoms with Gasteiger partial charge in [-0.15, -0.1) is 0 Å². The molecular formula is C20H20N2O4S2. The molecule has 146 valence electrons. The first-order valence-corrected chi connectivity index (χ1v) is 12.2. The summed E-state index contributed by atoms with van der Waals surface area (Å²) in [5, 5.41) is 3.23. The Hall–Kier alpha value is -2.71. The summed E-state index contributed by atoms with van der Waals surface area (Å²) in [4.78, 5) is 4.27. The predicted molar refractivity (Wildman–Crippen MR) is 109 cm³/mol. The second kappa shape index (κ2) is 7.73. The fourth-order valence-corrected chi connectivity index (χ4v) is 4.42. The van der Waals surface area contributed by atoms with E-state index in [0.717, 1.165) is 18.1 Å². The highest BCUT2D eigenvalue weighted by Crippen LogP contribution is 2.31. The maximum Gasteiger partial charge on any atom is 0.177 e. The summed E-state index contributed by atoms with van der Waals surface area (Å²) in [6.45, 7) is 0. The summed E-state index contributed by atoms with van der Waals surface area (Å²) in [6.07, 6.45) is 3.76. The number of aromatic nitrogens is 1. The van der Waals surface area contributed by atoms with Crippen LogP contribution < -0.4 is 5.32 Å². The lowest BCUT2D eigenvalue weighted by Crippen LogP contribution is -2.16. The smallest absolute Gasteiger partial charge is 0.177 e. The Morgan fingerprint density at radius 1 is 0.821 bits per heavy atom. The maximum atomic E-state index is 12.3. The van der Waals surface area contributed by atoms with Gasteiger partial charge < -0.3 is 5.32 Å². The molecule has 0 bridgehead atoms. The minimum Gasteiger partial charge on any atom is -0.372 e. The standard InChI is InChI=1S/C20H20N2O4S2/c1-27(23,24)16-11-12-17(19(14-16)28(2,25)26)22-20(15-8-4-3-5-9-15)18-10-6-7-13-21-18/h3-14,20,22H,1-2H3/t20-/m1/s1. The minimum absolute atomic E-state index is 0.0485. The van der Waals surface area contributed by atoms with Gasteiger partial charge in [-0.25, -0.2) is 16.8 Å². The minimum atomic E-state index is -3.67. The van der Waals surface area contributed by atoms with Gasteiger partial charge in [0.2, 0.25) is 0 Å². The van der Waals surface area contributed by atoms with Crippen molar-refractivity contribution in [3.63, 3.8) is 0 Å². The highest BCUT2D eigenvalue weighted by atomic mass is 32.2. The van der Waals surface area contributed by atoms with Crippen molar-refractivity contribution in [2.45, 2.75) is 15.8 Å². The number of nitrogens with one attached hydrogen (secondary N) is 1. The zero-order valence-electron chi connectivity index (χ0n) is 15.4. The van der Waals surface area contributed by atoms with Crippen molar-refractivity contribution in [1.29, 1.82) is 0 Å². The van der Waals surface area contributed by atoms with Crippen molar-refractivity contribution in [2.75, 3.05) is 17.8 Å². The number of hydrogen-bond donors (Lipinski definition) is 1. The third-order valence-corrected chi connectivity index (χ3v) is 6.44. The summed E-state index contributed by atoms with van der Waals surface area (Å²) in [7, 11) is -7.21. The first-order chi connectivity index (χ1) is 13.2. The van der Waals surface area contributed by atoms with E-state index in [1.165, 1.54) is 18.2 Å². The van der Waals surface area contributed by atoms with Crippen LogP contribution in [0.1, 0.15) is 17.3 Å². The molecule has 0 aliphatic heterocycles. The zero-order valence-corrected chi connectivity index (χ0v) is 17.0. The van der Waals surface area contributed by atoms with Gasteiger partial charge in [-0.3, -0.25) is 4.98 Å². The molecule has 0 aliphatic carbocycles. The molecule has 8 heteroatoms. The van der Waals surface area contributed by atoms with E-state index in [-0.39, 0.29) is 9.79 Å². The Labute approximate surface area is 165 Å². The van der Waals surface area contributed by atoms with Crippen LogP contribution in [0, 0.1) is 0 Å². The number of pyridine rings is 1. The fourth-order valence-electron chi connectivity index (χ4n) is 2.84. The Morgan fingerprint density at radius 2 is 1.50 bits per heavy atom. The van der Waals surface area contributed by atoms with E-state index in [2.05, 4.69) is 10.3 Å². The molecule has 0 amide bonds. The summed E-state index contributed by atoms with van der Waals surface area (Å²) in [6, 6.07) is 18.6. The van der Waals surface area contributed by atoms with E-state index < -0.39 is 25.7 Å². The van der Waals surface area contributed by atoms with Crippen LogP contribution in [0.2, 0.25) is 0 Å². The molecule has 0 spiro atoms. The van der Waals surface area contributed by atoms with Gasteiger partial charge in [-0.1, -0.05) is 36.4 Å². The largest absolute Gasteiger partial charge is 0.372 e. The predicted octanol–water partition coefficient (Wildman–Crippen LogP) is 3.09. The summed E-state index contributed by atoms with van der Waals surface area (Å²) >= 11 is 0. The third kappa shape index (κ3) is 4.58. The SMILES string of the molecule is CS(=O)(=O)c1ccc(N[C@H](c2ccccc2)c2ccccn2)c(S(C)(=O)=O)c1. The lowest BCUT2D eigenvalue weighted by molar-refractivity contribution is 0.600. The normalized spacial score (nSPS) is 13.1. The summed E-state index contributed by atoms with van der Waals surface area (Å²) in [5.74, 6) is 0. The molecule has 6 nitrogen and oxygen atoms in total. The van der Waals surface area contributed by atoms with Crippen LogP contribution in [-0.4, -0.2) is 34.3 Å². The van der Waals surface area contributed by atoms with Crippen molar-refractivity contribution in [3.05, 3.63) is 84.2 Å². The number of sulfone groups is 2. The van der Waals surface area contributed by atoms with Gasteiger partial charge >= 0.3 is 0 Å². The molecule has 28 heavy (non-hydrogen) atoms. The van der Waals surface area contributed by atoms with E-state index in [1.54, 1.807) is 12.3 Å². The molecule has 1 heterocycles. The molecule has 1 N–H and O–H groups in total. The lowest BCUT2D eigenvalue weighted by Gasteiger charge is -2.22. The van der Waals surface area contributed by atoms with Crippen LogP contribution in [0.3, 0.4) is 0 Å². The molecule has 0 radical (unpaired) electrons. The molecule has 1 aromatic heterocycles. The quantitative estimate of drug-likeness (QED) is 0.664. The highest BCUT2D eigenvalue weighted by molar-refractivity contribution is 7.91. The maximum absolute atomic E-state index is 12.3. The zero-order chi connectivity index (χ0) is 20.4. The third-order valence-electron chi connectivity index (χ3n) is 4.20. The van der Waals surface area contributed by atoms with Crippen LogP contribution in [0.15, 0.2) is 82.7 Å². The van der Waals surface area contributed by atoms with Crippen LogP contribution in [0.4, 0.5) is 5.69 Å². The van der Waals surface area contributed by atoms with Gasteiger partial charge in [0.1, 0.15) is 0 Å². The van der Waals surface area contributed by atoms with E-state index in [0.29, 0.717) is 11.4 Å². The first-order valence-electron chi connectivity index (χ1n) is 8.43. The van der Waals surface area contributed by atoms with Crippen LogP contribution in [0.25, 0.3) is 0 Å². The van der Waals surface area contributed by atoms with Gasteiger partial charge in [0.25, 0.3) is 0 Å². The van der Waals surface area contributed by atoms with Crippen molar-refractivity contribution >= 4 is 25.4 Å². The molecule has 0 saturated heterocycles. The molecule has 0 fully saturated rings. The number of nitrogens with zero attached hydrogens (tertiary/aromatic N) is 1. The topological polar surface area (TPSA) is 93.2 Å². The van der Waals surface area contributed by atoms with Gasteiger partial charge in [-0.2, -0.15) is 0 Å². The second-order valence-corrected chi connectivity index (χ2v) is 10.4.